The van der Waals surface area contributed by atoms with Crippen molar-refractivity contribution in [2.24, 2.45) is 0 Å². The number of amides is 1. The fraction of sp³-hybridized carbons (Fsp3) is 0.500. The van der Waals surface area contributed by atoms with Crippen molar-refractivity contribution in [1.82, 2.24) is 20.4 Å². The van der Waals surface area contributed by atoms with Crippen LogP contribution in [0.3, 0.4) is 0 Å². The fourth-order valence-electron chi connectivity index (χ4n) is 3.90. The Kier molecular flexibility index (Phi) is 5.99. The molecule has 0 aliphatic carbocycles. The molecule has 0 radical (unpaired) electrons. The van der Waals surface area contributed by atoms with Crippen LogP contribution in [0.1, 0.15) is 54.2 Å². The number of likely N-dealkylation sites (tertiary alicyclic amines) is 1. The van der Waals surface area contributed by atoms with Gasteiger partial charge in [-0.05, 0) is 64.4 Å². The van der Waals surface area contributed by atoms with Gasteiger partial charge >= 0.3 is 0 Å². The van der Waals surface area contributed by atoms with Gasteiger partial charge in [-0.2, -0.15) is 5.10 Å². The minimum absolute atomic E-state index is 0.0313. The Morgan fingerprint density at radius 3 is 2.69 bits per heavy atom. The molecule has 0 bridgehead atoms. The molecule has 1 aliphatic heterocycles. The van der Waals surface area contributed by atoms with Gasteiger partial charge in [0.15, 0.2) is 0 Å². The van der Waals surface area contributed by atoms with Crippen LogP contribution in [-0.4, -0.2) is 40.6 Å². The number of aromatic nitrogens is 2. The van der Waals surface area contributed by atoms with Gasteiger partial charge in [-0.3, -0.25) is 14.8 Å². The molecular weight excluding hydrogens is 348 g/mol. The van der Waals surface area contributed by atoms with Gasteiger partial charge in [-0.15, -0.1) is 0 Å². The molecule has 2 heterocycles. The lowest BCUT2D eigenvalue weighted by atomic mass is 9.98. The van der Waals surface area contributed by atoms with Crippen molar-refractivity contribution < 1.29 is 4.79 Å². The first-order valence-electron chi connectivity index (χ1n) is 9.26. The highest BCUT2D eigenvalue weighted by molar-refractivity contribution is 6.30. The maximum absolute atomic E-state index is 12.8. The predicted octanol–water partition coefficient (Wildman–Crippen LogP) is 3.74. The Bertz CT molecular complexity index is 747. The highest BCUT2D eigenvalue weighted by atomic mass is 35.5. The van der Waals surface area contributed by atoms with Crippen LogP contribution in [0, 0.1) is 13.8 Å². The molecular formula is C20H27ClN4O. The first kappa shape index (κ1) is 18.9. The van der Waals surface area contributed by atoms with E-state index in [-0.39, 0.29) is 17.9 Å². The number of halogens is 1. The molecule has 0 unspecified atom stereocenters. The zero-order valence-electron chi connectivity index (χ0n) is 15.7. The van der Waals surface area contributed by atoms with E-state index in [0.717, 1.165) is 40.6 Å². The van der Waals surface area contributed by atoms with E-state index in [1.54, 1.807) is 0 Å². The van der Waals surface area contributed by atoms with Gasteiger partial charge in [-0.1, -0.05) is 23.7 Å². The van der Waals surface area contributed by atoms with E-state index in [1.165, 1.54) is 12.8 Å². The normalized spacial score (nSPS) is 17.2. The van der Waals surface area contributed by atoms with Gasteiger partial charge in [-0.25, -0.2) is 0 Å². The fourth-order valence-corrected chi connectivity index (χ4v) is 4.10. The van der Waals surface area contributed by atoms with E-state index in [9.17, 15) is 4.79 Å². The van der Waals surface area contributed by atoms with Crippen LogP contribution >= 0.6 is 11.6 Å². The zero-order valence-corrected chi connectivity index (χ0v) is 16.4. The van der Waals surface area contributed by atoms with Crippen molar-refractivity contribution in [1.29, 1.82) is 0 Å². The van der Waals surface area contributed by atoms with Gasteiger partial charge in [0.2, 0.25) is 5.91 Å². The molecule has 2 atom stereocenters. The number of nitrogens with one attached hydrogen (secondary N) is 2. The maximum Gasteiger partial charge on any atom is 0.227 e. The number of benzene rings is 1. The van der Waals surface area contributed by atoms with Gasteiger partial charge < -0.3 is 5.32 Å². The summed E-state index contributed by atoms with van der Waals surface area (Å²) in [5, 5.41) is 11.1. The van der Waals surface area contributed by atoms with Crippen LogP contribution in [0.5, 0.6) is 0 Å². The summed E-state index contributed by atoms with van der Waals surface area (Å²) in [5.41, 5.74) is 3.98. The number of hydrogen-bond acceptors (Lipinski definition) is 3. The van der Waals surface area contributed by atoms with Crippen LogP contribution in [0.25, 0.3) is 0 Å². The summed E-state index contributed by atoms with van der Waals surface area (Å²) in [5.74, 6) is -0.198. The maximum atomic E-state index is 12.8. The second kappa shape index (κ2) is 8.23. The van der Waals surface area contributed by atoms with Crippen molar-refractivity contribution in [2.75, 3.05) is 19.6 Å². The second-order valence-corrected chi connectivity index (χ2v) is 7.56. The molecule has 6 heteroatoms. The second-order valence-electron chi connectivity index (χ2n) is 7.13. The van der Waals surface area contributed by atoms with Gasteiger partial charge in [0.1, 0.15) is 0 Å². The summed E-state index contributed by atoms with van der Waals surface area (Å²) in [6, 6.07) is 8.11. The van der Waals surface area contributed by atoms with Gasteiger partial charge in [0, 0.05) is 22.8 Å². The molecule has 140 valence electrons. The molecule has 1 aromatic heterocycles. The first-order chi connectivity index (χ1) is 12.5. The Morgan fingerprint density at radius 1 is 1.35 bits per heavy atom. The van der Waals surface area contributed by atoms with Crippen molar-refractivity contribution in [3.05, 3.63) is 51.8 Å². The minimum Gasteiger partial charge on any atom is -0.354 e. The van der Waals surface area contributed by atoms with E-state index in [0.29, 0.717) is 6.54 Å². The van der Waals surface area contributed by atoms with Crippen molar-refractivity contribution in [3.8, 4) is 0 Å². The van der Waals surface area contributed by atoms with Crippen LogP contribution in [0.15, 0.2) is 24.3 Å². The third kappa shape index (κ3) is 4.10. The summed E-state index contributed by atoms with van der Waals surface area (Å²) in [6.45, 7) is 8.52. The molecule has 0 spiro atoms. The molecule has 2 aromatic rings. The van der Waals surface area contributed by atoms with E-state index in [4.69, 9.17) is 11.6 Å². The quantitative estimate of drug-likeness (QED) is 0.809. The van der Waals surface area contributed by atoms with Crippen LogP contribution < -0.4 is 5.32 Å². The molecule has 1 aromatic carbocycles. The van der Waals surface area contributed by atoms with E-state index >= 15 is 0 Å². The third-order valence-corrected chi connectivity index (χ3v) is 5.53. The summed E-state index contributed by atoms with van der Waals surface area (Å²) in [7, 11) is 0. The molecule has 5 nitrogen and oxygen atoms in total. The smallest absolute Gasteiger partial charge is 0.227 e. The molecule has 1 amide bonds. The zero-order chi connectivity index (χ0) is 18.7. The number of carbonyl (C=O) groups excluding carboxylic acids is 1. The molecule has 1 aliphatic rings. The lowest BCUT2D eigenvalue weighted by Crippen LogP contribution is -2.38. The lowest BCUT2D eigenvalue weighted by Gasteiger charge is -2.29. The predicted molar refractivity (Wildman–Crippen MR) is 104 cm³/mol. The van der Waals surface area contributed by atoms with Gasteiger partial charge in [0.25, 0.3) is 0 Å². The summed E-state index contributed by atoms with van der Waals surface area (Å²) < 4.78 is 0. The number of aromatic amines is 1. The van der Waals surface area contributed by atoms with Crippen molar-refractivity contribution >= 4 is 17.5 Å². The largest absolute Gasteiger partial charge is 0.354 e. The number of nitrogens with zero attached hydrogens (tertiary/aromatic N) is 2. The molecule has 3 rings (SSSR count). The number of hydrogen-bond donors (Lipinski definition) is 2. The first-order valence-corrected chi connectivity index (χ1v) is 9.64. The van der Waals surface area contributed by atoms with E-state index in [2.05, 4.69) is 26.5 Å². The number of rotatable bonds is 6. The van der Waals surface area contributed by atoms with E-state index in [1.807, 2.05) is 39.0 Å². The molecule has 0 saturated carbocycles. The van der Waals surface area contributed by atoms with Gasteiger partial charge in [0.05, 0.1) is 17.7 Å². The standard InChI is InChI=1S/C20H27ClN4O/c1-13(19-14(2)23-24-15(19)3)20(26)22-12-18(25-9-4-5-10-25)16-7-6-8-17(21)11-16/h6-8,11,13,18H,4-5,9-10,12H2,1-3H3,(H,22,26)(H,23,24)/t13-,18-/m1/s1. The van der Waals surface area contributed by atoms with Crippen molar-refractivity contribution in [3.63, 3.8) is 0 Å². The topological polar surface area (TPSA) is 61.0 Å². The average Bonchev–Trinajstić information content (AvgIpc) is 3.25. The Balaban J connectivity index is 1.72. The monoisotopic (exact) mass is 374 g/mol. The van der Waals surface area contributed by atoms with Crippen LogP contribution in [0.4, 0.5) is 0 Å². The minimum atomic E-state index is -0.229. The number of H-pyrrole nitrogens is 1. The summed E-state index contributed by atoms with van der Waals surface area (Å²) >= 11 is 6.19. The molecule has 1 fully saturated rings. The van der Waals surface area contributed by atoms with Crippen LogP contribution in [0.2, 0.25) is 5.02 Å². The third-order valence-electron chi connectivity index (χ3n) is 5.30. The SMILES string of the molecule is Cc1n[nH]c(C)c1[C@@H](C)C(=O)NC[C@H](c1cccc(Cl)c1)N1CCCC1. The molecule has 26 heavy (non-hydrogen) atoms. The number of aryl methyl sites for hydroxylation is 2. The molecule has 2 N–H and O–H groups in total. The van der Waals surface area contributed by atoms with Crippen molar-refractivity contribution in [2.45, 2.75) is 45.6 Å². The average molecular weight is 375 g/mol. The Labute approximate surface area is 160 Å². The highest BCUT2D eigenvalue weighted by Crippen LogP contribution is 2.27. The number of carbonyl (C=O) groups is 1. The Hall–Kier alpha value is -1.85. The summed E-state index contributed by atoms with van der Waals surface area (Å²) in [6.07, 6.45) is 2.41. The van der Waals surface area contributed by atoms with E-state index < -0.39 is 0 Å². The molecule has 1 saturated heterocycles. The van der Waals surface area contributed by atoms with Crippen LogP contribution in [-0.2, 0) is 4.79 Å². The summed E-state index contributed by atoms with van der Waals surface area (Å²) in [4.78, 5) is 15.2. The highest BCUT2D eigenvalue weighted by Gasteiger charge is 2.26. The Morgan fingerprint density at radius 2 is 2.08 bits per heavy atom. The lowest BCUT2D eigenvalue weighted by molar-refractivity contribution is -0.122.